The van der Waals surface area contributed by atoms with Gasteiger partial charge in [0, 0.05) is 23.2 Å². The monoisotopic (exact) mass is 259 g/mol. The molecule has 0 aromatic carbocycles. The Kier molecular flexibility index (Phi) is 4.00. The van der Waals surface area contributed by atoms with Crippen LogP contribution in [0.2, 0.25) is 0 Å². The largest absolute Gasteiger partial charge is 0.466 e. The summed E-state index contributed by atoms with van der Waals surface area (Å²) in [6.45, 7) is 4.03. The average Bonchev–Trinajstić information content (AvgIpc) is 2.38. The summed E-state index contributed by atoms with van der Waals surface area (Å²) < 4.78 is 6.53. The molecule has 2 rings (SSSR count). The second-order valence-electron chi connectivity index (χ2n) is 4.40. The summed E-state index contributed by atoms with van der Waals surface area (Å²) in [7, 11) is 0. The first-order valence-corrected chi connectivity index (χ1v) is 6.39. The van der Waals surface area contributed by atoms with Crippen molar-refractivity contribution in [3.8, 4) is 0 Å². The molecule has 2 heterocycles. The zero-order valence-corrected chi connectivity index (χ0v) is 11.2. The van der Waals surface area contributed by atoms with E-state index in [1.165, 1.54) is 0 Å². The van der Waals surface area contributed by atoms with Crippen molar-refractivity contribution in [2.75, 3.05) is 6.61 Å². The summed E-state index contributed by atoms with van der Waals surface area (Å²) in [5, 5.41) is 0. The first-order chi connectivity index (χ1) is 9.13. The van der Waals surface area contributed by atoms with Crippen LogP contribution in [0.3, 0.4) is 0 Å². The molecule has 2 aromatic rings. The second kappa shape index (κ2) is 5.69. The predicted octanol–water partition coefficient (Wildman–Crippen LogP) is 2.10. The predicted molar refractivity (Wildman–Crippen MR) is 73.4 cm³/mol. The summed E-state index contributed by atoms with van der Waals surface area (Å²) in [4.78, 5) is 23.7. The van der Waals surface area contributed by atoms with Crippen LogP contribution in [0, 0.1) is 6.92 Å². The number of hydrogen-bond acceptors (Lipinski definition) is 3. The van der Waals surface area contributed by atoms with Gasteiger partial charge in [-0.3, -0.25) is 14.0 Å². The standard InChI is InChI=1S/C15H17NO3/c1-3-19-14(17)10-8-12-7-9-13-6-4-5-11(2)16(13)15(12)18/h4-7,9H,3,8,10H2,1-2H3. The molecule has 0 amide bonds. The van der Waals surface area contributed by atoms with Crippen LogP contribution >= 0.6 is 0 Å². The van der Waals surface area contributed by atoms with Gasteiger partial charge < -0.3 is 4.74 Å². The molecule has 0 saturated heterocycles. The Hall–Kier alpha value is -2.10. The minimum Gasteiger partial charge on any atom is -0.466 e. The summed E-state index contributed by atoms with van der Waals surface area (Å²) in [5.41, 5.74) is 2.34. The minimum absolute atomic E-state index is 0.0556. The van der Waals surface area contributed by atoms with E-state index in [1.807, 2.05) is 31.2 Å². The van der Waals surface area contributed by atoms with E-state index in [0.717, 1.165) is 11.2 Å². The molecule has 0 radical (unpaired) electrons. The molecule has 0 saturated carbocycles. The molecule has 0 aliphatic carbocycles. The topological polar surface area (TPSA) is 47.8 Å². The van der Waals surface area contributed by atoms with Crippen molar-refractivity contribution < 1.29 is 9.53 Å². The number of carbonyl (C=O) groups excluding carboxylic acids is 1. The number of nitrogens with zero attached hydrogens (tertiary/aromatic N) is 1. The van der Waals surface area contributed by atoms with Crippen molar-refractivity contribution in [3.63, 3.8) is 0 Å². The maximum absolute atomic E-state index is 12.3. The highest BCUT2D eigenvalue weighted by Crippen LogP contribution is 2.07. The molecule has 0 bridgehead atoms. The lowest BCUT2D eigenvalue weighted by atomic mass is 10.1. The molecule has 0 N–H and O–H groups in total. The fourth-order valence-corrected chi connectivity index (χ4v) is 2.11. The summed E-state index contributed by atoms with van der Waals surface area (Å²) in [6.07, 6.45) is 0.649. The van der Waals surface area contributed by atoms with Crippen LogP contribution in [0.25, 0.3) is 5.52 Å². The molecule has 4 heteroatoms. The van der Waals surface area contributed by atoms with Gasteiger partial charge in [-0.15, -0.1) is 0 Å². The van der Waals surface area contributed by atoms with Crippen LogP contribution in [0.15, 0.2) is 35.1 Å². The first-order valence-electron chi connectivity index (χ1n) is 6.39. The molecule has 100 valence electrons. The number of pyridine rings is 2. The van der Waals surface area contributed by atoms with Gasteiger partial charge in [0.25, 0.3) is 5.56 Å². The molecule has 4 nitrogen and oxygen atoms in total. The molecular weight excluding hydrogens is 242 g/mol. The third-order valence-electron chi connectivity index (χ3n) is 3.05. The van der Waals surface area contributed by atoms with E-state index >= 15 is 0 Å². The van der Waals surface area contributed by atoms with Crippen molar-refractivity contribution in [3.05, 3.63) is 51.9 Å². The van der Waals surface area contributed by atoms with Crippen molar-refractivity contribution in [2.45, 2.75) is 26.7 Å². The fourth-order valence-electron chi connectivity index (χ4n) is 2.11. The second-order valence-corrected chi connectivity index (χ2v) is 4.40. The number of fused-ring (bicyclic) bond motifs is 1. The Morgan fingerprint density at radius 3 is 2.79 bits per heavy atom. The van der Waals surface area contributed by atoms with E-state index in [2.05, 4.69) is 0 Å². The van der Waals surface area contributed by atoms with Gasteiger partial charge in [-0.1, -0.05) is 12.1 Å². The maximum atomic E-state index is 12.3. The van der Waals surface area contributed by atoms with E-state index < -0.39 is 0 Å². The van der Waals surface area contributed by atoms with Crippen LogP contribution in [-0.2, 0) is 16.0 Å². The van der Waals surface area contributed by atoms with Crippen LogP contribution in [0.4, 0.5) is 0 Å². The number of ether oxygens (including phenoxy) is 1. The Balaban J connectivity index is 2.30. The molecule has 0 fully saturated rings. The van der Waals surface area contributed by atoms with E-state index in [4.69, 9.17) is 4.74 Å². The maximum Gasteiger partial charge on any atom is 0.306 e. The first kappa shape index (κ1) is 13.3. The highest BCUT2D eigenvalue weighted by molar-refractivity contribution is 5.69. The number of hydrogen-bond donors (Lipinski definition) is 0. The molecular formula is C15H17NO3. The van der Waals surface area contributed by atoms with Crippen LogP contribution in [0.5, 0.6) is 0 Å². The minimum atomic E-state index is -0.267. The van der Waals surface area contributed by atoms with Crippen molar-refractivity contribution in [2.24, 2.45) is 0 Å². The lowest BCUT2D eigenvalue weighted by molar-refractivity contribution is -0.143. The van der Waals surface area contributed by atoms with E-state index in [0.29, 0.717) is 18.6 Å². The summed E-state index contributed by atoms with van der Waals surface area (Å²) in [6, 6.07) is 9.39. The highest BCUT2D eigenvalue weighted by atomic mass is 16.5. The van der Waals surface area contributed by atoms with Crippen molar-refractivity contribution in [1.82, 2.24) is 4.40 Å². The van der Waals surface area contributed by atoms with Crippen molar-refractivity contribution in [1.29, 1.82) is 0 Å². The molecule has 0 atom stereocenters. The molecule has 0 aliphatic rings. The van der Waals surface area contributed by atoms with Crippen LogP contribution in [0.1, 0.15) is 24.6 Å². The lowest BCUT2D eigenvalue weighted by Gasteiger charge is -2.07. The van der Waals surface area contributed by atoms with Gasteiger partial charge in [-0.25, -0.2) is 0 Å². The Morgan fingerprint density at radius 2 is 2.05 bits per heavy atom. The van der Waals surface area contributed by atoms with Gasteiger partial charge in [-0.05, 0) is 38.5 Å². The number of esters is 1. The van der Waals surface area contributed by atoms with E-state index in [1.54, 1.807) is 17.4 Å². The highest BCUT2D eigenvalue weighted by Gasteiger charge is 2.08. The molecule has 0 aliphatic heterocycles. The van der Waals surface area contributed by atoms with Gasteiger partial charge in [-0.2, -0.15) is 0 Å². The van der Waals surface area contributed by atoms with Crippen molar-refractivity contribution >= 4 is 11.5 Å². The molecule has 0 spiro atoms. The van der Waals surface area contributed by atoms with E-state index in [9.17, 15) is 9.59 Å². The number of aromatic nitrogens is 1. The van der Waals surface area contributed by atoms with Gasteiger partial charge in [0.05, 0.1) is 6.61 Å². The molecule has 2 aromatic heterocycles. The zero-order chi connectivity index (χ0) is 13.8. The number of carbonyl (C=O) groups is 1. The van der Waals surface area contributed by atoms with Gasteiger partial charge >= 0.3 is 5.97 Å². The third kappa shape index (κ3) is 2.84. The number of rotatable bonds is 4. The Morgan fingerprint density at radius 1 is 1.26 bits per heavy atom. The summed E-state index contributed by atoms with van der Waals surface area (Å²) >= 11 is 0. The summed E-state index contributed by atoms with van der Waals surface area (Å²) in [5.74, 6) is -0.267. The Bertz CT molecular complexity index is 658. The smallest absolute Gasteiger partial charge is 0.306 e. The van der Waals surface area contributed by atoms with Crippen LogP contribution in [-0.4, -0.2) is 17.0 Å². The molecule has 0 unspecified atom stereocenters. The fraction of sp³-hybridized carbons (Fsp3) is 0.333. The zero-order valence-electron chi connectivity index (χ0n) is 11.2. The van der Waals surface area contributed by atoms with Gasteiger partial charge in [0.15, 0.2) is 0 Å². The normalized spacial score (nSPS) is 10.6. The lowest BCUT2D eigenvalue weighted by Crippen LogP contribution is -2.20. The SMILES string of the molecule is CCOC(=O)CCc1ccc2cccc(C)n2c1=O. The third-order valence-corrected chi connectivity index (χ3v) is 3.05. The Labute approximate surface area is 111 Å². The average molecular weight is 259 g/mol. The van der Waals surface area contributed by atoms with E-state index in [-0.39, 0.29) is 17.9 Å². The van der Waals surface area contributed by atoms with Crippen LogP contribution < -0.4 is 5.56 Å². The molecule has 19 heavy (non-hydrogen) atoms. The van der Waals surface area contributed by atoms with Gasteiger partial charge in [0.2, 0.25) is 0 Å². The quantitative estimate of drug-likeness (QED) is 0.790. The number of aryl methyl sites for hydroxylation is 2. The van der Waals surface area contributed by atoms with Gasteiger partial charge in [0.1, 0.15) is 0 Å².